The summed E-state index contributed by atoms with van der Waals surface area (Å²) < 4.78 is 62.1. The molecule has 0 unspecified atom stereocenters. The van der Waals surface area contributed by atoms with Gasteiger partial charge in [0, 0.05) is 31.9 Å². The van der Waals surface area contributed by atoms with Gasteiger partial charge in [-0.25, -0.2) is 17.2 Å². The van der Waals surface area contributed by atoms with Crippen LogP contribution < -0.4 is 0 Å². The average molecular weight is 400 g/mol. The molecule has 0 spiro atoms. The Morgan fingerprint density at radius 2 is 2.04 bits per heavy atom. The van der Waals surface area contributed by atoms with Crippen molar-refractivity contribution in [2.24, 2.45) is 7.05 Å². The van der Waals surface area contributed by atoms with E-state index in [-0.39, 0.29) is 18.0 Å². The molecule has 1 aromatic heterocycles. The molecular weight excluding hydrogens is 378 g/mol. The molecule has 2 aromatic rings. The zero-order valence-electron chi connectivity index (χ0n) is 15.3. The fourth-order valence-electron chi connectivity index (χ4n) is 3.24. The van der Waals surface area contributed by atoms with Crippen LogP contribution in [0.1, 0.15) is 11.6 Å². The number of hydrogen-bond donors (Lipinski definition) is 0. The number of ether oxygens (including phenoxy) is 1. The number of likely N-dealkylation sites (N-methyl/N-ethyl adjacent to an activating group) is 1. The molecule has 0 N–H and O–H groups in total. The van der Waals surface area contributed by atoms with Crippen LogP contribution in [0.15, 0.2) is 35.5 Å². The summed E-state index contributed by atoms with van der Waals surface area (Å²) in [6.07, 6.45) is 2.89. The van der Waals surface area contributed by atoms with Crippen molar-refractivity contribution < 1.29 is 21.9 Å². The van der Waals surface area contributed by atoms with E-state index in [1.165, 1.54) is 4.31 Å². The molecule has 1 aromatic carbocycles. The van der Waals surface area contributed by atoms with Crippen molar-refractivity contribution in [2.45, 2.75) is 17.0 Å². The maximum Gasteiger partial charge on any atom is 0.243 e. The van der Waals surface area contributed by atoms with Crippen LogP contribution in [0.25, 0.3) is 0 Å². The number of rotatable bonds is 5. The maximum absolute atomic E-state index is 13.6. The summed E-state index contributed by atoms with van der Waals surface area (Å²) in [6.45, 7) is 0.798. The molecule has 1 aliphatic rings. The van der Waals surface area contributed by atoms with E-state index in [4.69, 9.17) is 4.74 Å². The number of benzene rings is 1. The summed E-state index contributed by atoms with van der Waals surface area (Å²) in [4.78, 5) is 1.61. The van der Waals surface area contributed by atoms with E-state index in [0.717, 1.165) is 12.1 Å². The van der Waals surface area contributed by atoms with Crippen LogP contribution in [0.4, 0.5) is 8.78 Å². The second-order valence-corrected chi connectivity index (χ2v) is 8.65. The highest BCUT2D eigenvalue weighted by Gasteiger charge is 2.41. The minimum atomic E-state index is -4.07. The van der Waals surface area contributed by atoms with Crippen LogP contribution in [0.2, 0.25) is 0 Å². The fraction of sp³-hybridized carbons (Fsp3) is 0.471. The molecule has 0 saturated carbocycles. The van der Waals surface area contributed by atoms with Gasteiger partial charge < -0.3 is 9.64 Å². The molecule has 27 heavy (non-hydrogen) atoms. The van der Waals surface area contributed by atoms with Gasteiger partial charge in [0.1, 0.15) is 0 Å². The number of sulfonamides is 1. The molecule has 1 aliphatic heterocycles. The van der Waals surface area contributed by atoms with Crippen LogP contribution in [-0.2, 0) is 21.8 Å². The van der Waals surface area contributed by atoms with Gasteiger partial charge in [-0.15, -0.1) is 0 Å². The van der Waals surface area contributed by atoms with Gasteiger partial charge in [0.05, 0.1) is 29.8 Å². The molecule has 2 heterocycles. The van der Waals surface area contributed by atoms with Gasteiger partial charge in [0.15, 0.2) is 11.6 Å². The highest BCUT2D eigenvalue weighted by molar-refractivity contribution is 7.89. The lowest BCUT2D eigenvalue weighted by Crippen LogP contribution is -2.50. The monoisotopic (exact) mass is 400 g/mol. The Bertz CT molecular complexity index is 917. The zero-order valence-corrected chi connectivity index (χ0v) is 16.2. The molecule has 148 valence electrons. The SMILES string of the molecule is CN(C)C[C@@H]1OCCN(S(=O)(=O)c2ccc(F)c(F)c2)[C@H]1c1cnn(C)c1. The smallest absolute Gasteiger partial charge is 0.243 e. The van der Waals surface area contributed by atoms with Crippen molar-refractivity contribution in [2.75, 3.05) is 33.8 Å². The molecule has 0 bridgehead atoms. The van der Waals surface area contributed by atoms with Crippen LogP contribution in [-0.4, -0.2) is 67.3 Å². The lowest BCUT2D eigenvalue weighted by Gasteiger charge is -2.40. The largest absolute Gasteiger partial charge is 0.373 e. The molecule has 10 heteroatoms. The molecular formula is C17H22F2N4O3S. The van der Waals surface area contributed by atoms with E-state index in [9.17, 15) is 17.2 Å². The number of aromatic nitrogens is 2. The first-order valence-electron chi connectivity index (χ1n) is 8.42. The summed E-state index contributed by atoms with van der Waals surface area (Å²) >= 11 is 0. The lowest BCUT2D eigenvalue weighted by atomic mass is 10.0. The number of hydrogen-bond acceptors (Lipinski definition) is 5. The van der Waals surface area contributed by atoms with Crippen molar-refractivity contribution >= 4 is 10.0 Å². The second kappa shape index (κ2) is 7.63. The van der Waals surface area contributed by atoms with E-state index in [1.54, 1.807) is 24.1 Å². The average Bonchev–Trinajstić information content (AvgIpc) is 3.02. The standard InChI is InChI=1S/C17H22F2N4O3S/c1-21(2)11-16-17(12-9-20-22(3)10-12)23(6-7-26-16)27(24,25)13-4-5-14(18)15(19)8-13/h4-5,8-10,16-17H,6-7,11H2,1-3H3/t16-,17-/m0/s1. The Morgan fingerprint density at radius 3 is 2.63 bits per heavy atom. The number of nitrogens with zero attached hydrogens (tertiary/aromatic N) is 4. The molecule has 0 amide bonds. The van der Waals surface area contributed by atoms with Crippen LogP contribution in [0, 0.1) is 11.6 Å². The first-order valence-corrected chi connectivity index (χ1v) is 9.86. The number of aryl methyl sites for hydroxylation is 1. The van der Waals surface area contributed by atoms with E-state index in [2.05, 4.69) is 5.10 Å². The molecule has 3 rings (SSSR count). The molecule has 1 saturated heterocycles. The first-order chi connectivity index (χ1) is 12.7. The summed E-state index contributed by atoms with van der Waals surface area (Å²) in [5.74, 6) is -2.29. The lowest BCUT2D eigenvalue weighted by molar-refractivity contribution is -0.0514. The number of halogens is 2. The van der Waals surface area contributed by atoms with E-state index in [1.807, 2.05) is 19.0 Å². The van der Waals surface area contributed by atoms with Crippen molar-refractivity contribution in [3.8, 4) is 0 Å². The third-order valence-corrected chi connectivity index (χ3v) is 6.29. The Balaban J connectivity index is 2.05. The van der Waals surface area contributed by atoms with Crippen molar-refractivity contribution in [3.05, 3.63) is 47.8 Å². The topological polar surface area (TPSA) is 67.7 Å². The summed E-state index contributed by atoms with van der Waals surface area (Å²) in [5.41, 5.74) is 0.676. The van der Waals surface area contributed by atoms with Crippen LogP contribution in [0.3, 0.4) is 0 Å². The minimum absolute atomic E-state index is 0.102. The molecule has 1 fully saturated rings. The van der Waals surface area contributed by atoms with Gasteiger partial charge in [-0.1, -0.05) is 0 Å². The predicted octanol–water partition coefficient (Wildman–Crippen LogP) is 1.39. The fourth-order valence-corrected chi connectivity index (χ4v) is 4.87. The molecule has 0 radical (unpaired) electrons. The minimum Gasteiger partial charge on any atom is -0.373 e. The van der Waals surface area contributed by atoms with Gasteiger partial charge in [-0.05, 0) is 32.3 Å². The van der Waals surface area contributed by atoms with Crippen LogP contribution >= 0.6 is 0 Å². The molecule has 0 aliphatic carbocycles. The Kier molecular flexibility index (Phi) is 5.61. The molecule has 2 atom stereocenters. The summed E-state index contributed by atoms with van der Waals surface area (Å²) in [6, 6.07) is 1.97. The van der Waals surface area contributed by atoms with E-state index in [0.29, 0.717) is 18.2 Å². The quantitative estimate of drug-likeness (QED) is 0.759. The Labute approximate surface area is 157 Å². The third kappa shape index (κ3) is 4.03. The van der Waals surface area contributed by atoms with Gasteiger partial charge in [-0.2, -0.15) is 9.40 Å². The van der Waals surface area contributed by atoms with E-state index >= 15 is 0 Å². The molecule has 7 nitrogen and oxygen atoms in total. The predicted molar refractivity (Wildman–Crippen MR) is 94.5 cm³/mol. The normalized spacial score (nSPS) is 21.7. The highest BCUT2D eigenvalue weighted by atomic mass is 32.2. The van der Waals surface area contributed by atoms with E-state index < -0.39 is 33.8 Å². The van der Waals surface area contributed by atoms with Crippen LogP contribution in [0.5, 0.6) is 0 Å². The van der Waals surface area contributed by atoms with Gasteiger partial charge in [0.2, 0.25) is 10.0 Å². The number of morpholine rings is 1. The van der Waals surface area contributed by atoms with Crippen molar-refractivity contribution in [1.29, 1.82) is 0 Å². The van der Waals surface area contributed by atoms with Crippen molar-refractivity contribution in [3.63, 3.8) is 0 Å². The van der Waals surface area contributed by atoms with Gasteiger partial charge >= 0.3 is 0 Å². The summed E-state index contributed by atoms with van der Waals surface area (Å²) in [5, 5.41) is 4.14. The summed E-state index contributed by atoms with van der Waals surface area (Å²) in [7, 11) is 1.41. The Hall–Kier alpha value is -1.88. The first kappa shape index (κ1) is 19.9. The Morgan fingerprint density at radius 1 is 1.30 bits per heavy atom. The highest BCUT2D eigenvalue weighted by Crippen LogP contribution is 2.34. The zero-order chi connectivity index (χ0) is 19.8. The second-order valence-electron chi connectivity index (χ2n) is 6.76. The van der Waals surface area contributed by atoms with Gasteiger partial charge in [-0.3, -0.25) is 4.68 Å². The maximum atomic E-state index is 13.6. The van der Waals surface area contributed by atoms with Crippen molar-refractivity contribution in [1.82, 2.24) is 19.0 Å². The van der Waals surface area contributed by atoms with Gasteiger partial charge in [0.25, 0.3) is 0 Å². The third-order valence-electron chi connectivity index (χ3n) is 4.42.